The summed E-state index contributed by atoms with van der Waals surface area (Å²) in [5, 5.41) is 13.9. The van der Waals surface area contributed by atoms with Crippen LogP contribution in [0.4, 0.5) is 5.69 Å². The predicted molar refractivity (Wildman–Crippen MR) is 144 cm³/mol. The molecule has 0 saturated carbocycles. The van der Waals surface area contributed by atoms with Gasteiger partial charge in [0.1, 0.15) is 17.2 Å². The Bertz CT molecular complexity index is 1400. The van der Waals surface area contributed by atoms with E-state index in [2.05, 4.69) is 39.7 Å². The number of nitrogens with zero attached hydrogens (tertiary/aromatic N) is 3. The second-order valence-corrected chi connectivity index (χ2v) is 9.10. The third kappa shape index (κ3) is 4.03. The highest BCUT2D eigenvalue weighted by Crippen LogP contribution is 2.46. The molecule has 0 amide bonds. The number of hydrogen-bond acceptors (Lipinski definition) is 5. The van der Waals surface area contributed by atoms with Gasteiger partial charge in [-0.05, 0) is 86.2 Å². The highest BCUT2D eigenvalue weighted by atomic mass is 32.1. The van der Waals surface area contributed by atoms with Crippen molar-refractivity contribution >= 4 is 23.0 Å². The maximum Gasteiger partial charge on any atom is 0.174 e. The van der Waals surface area contributed by atoms with Gasteiger partial charge in [-0.1, -0.05) is 6.07 Å². The molecule has 2 N–H and O–H groups in total. The van der Waals surface area contributed by atoms with Crippen LogP contribution < -0.4 is 19.7 Å². The zero-order chi connectivity index (χ0) is 25.4. The highest BCUT2D eigenvalue weighted by molar-refractivity contribution is 7.80. The molecule has 0 aliphatic carbocycles. The van der Waals surface area contributed by atoms with Crippen molar-refractivity contribution < 1.29 is 14.6 Å². The molecule has 0 radical (unpaired) electrons. The van der Waals surface area contributed by atoms with Crippen LogP contribution in [0.25, 0.3) is 5.69 Å². The summed E-state index contributed by atoms with van der Waals surface area (Å²) in [6, 6.07) is 20.7. The van der Waals surface area contributed by atoms with Gasteiger partial charge in [0.2, 0.25) is 0 Å². The molecule has 184 valence electrons. The number of phenols is 1. The van der Waals surface area contributed by atoms with Crippen molar-refractivity contribution in [2.75, 3.05) is 19.1 Å². The molecular formula is C28H28N4O3S. The summed E-state index contributed by atoms with van der Waals surface area (Å²) in [7, 11) is 3.28. The van der Waals surface area contributed by atoms with Crippen molar-refractivity contribution in [3.63, 3.8) is 0 Å². The molecule has 0 unspecified atom stereocenters. The Morgan fingerprint density at radius 2 is 1.75 bits per heavy atom. The molecule has 2 aromatic heterocycles. The SMILES string of the molecule is COc1ccc(N2C(=S)N[C@H](c3ccccn3)[C@@H]2c2cc(C)n(-c3ccc(O)cc3)c2C)c(OC)c1. The summed E-state index contributed by atoms with van der Waals surface area (Å²) < 4.78 is 13.4. The number of hydrogen-bond donors (Lipinski definition) is 2. The van der Waals surface area contributed by atoms with Crippen LogP contribution in [-0.2, 0) is 0 Å². The predicted octanol–water partition coefficient (Wildman–Crippen LogP) is 5.39. The topological polar surface area (TPSA) is 71.8 Å². The zero-order valence-electron chi connectivity index (χ0n) is 20.6. The summed E-state index contributed by atoms with van der Waals surface area (Å²) in [6.45, 7) is 4.19. The van der Waals surface area contributed by atoms with Crippen molar-refractivity contribution in [3.05, 3.63) is 95.6 Å². The number of aromatic nitrogens is 2. The van der Waals surface area contributed by atoms with E-state index >= 15 is 0 Å². The van der Waals surface area contributed by atoms with Gasteiger partial charge in [0.25, 0.3) is 0 Å². The number of aryl methyl sites for hydroxylation is 1. The fourth-order valence-electron chi connectivity index (χ4n) is 5.00. The fourth-order valence-corrected chi connectivity index (χ4v) is 5.34. The Morgan fingerprint density at radius 3 is 2.42 bits per heavy atom. The molecule has 1 fully saturated rings. The van der Waals surface area contributed by atoms with Crippen LogP contribution in [0.15, 0.2) is 72.9 Å². The number of nitrogens with one attached hydrogen (secondary N) is 1. The summed E-state index contributed by atoms with van der Waals surface area (Å²) in [5.74, 6) is 1.61. The molecular weight excluding hydrogens is 472 g/mol. The number of pyridine rings is 1. The second-order valence-electron chi connectivity index (χ2n) is 8.71. The lowest BCUT2D eigenvalue weighted by Crippen LogP contribution is -2.30. The first kappa shape index (κ1) is 23.7. The van der Waals surface area contributed by atoms with Crippen molar-refractivity contribution in [3.8, 4) is 22.9 Å². The van der Waals surface area contributed by atoms with Crippen molar-refractivity contribution in [1.29, 1.82) is 0 Å². The van der Waals surface area contributed by atoms with Gasteiger partial charge in [-0.25, -0.2) is 0 Å². The van der Waals surface area contributed by atoms with E-state index < -0.39 is 0 Å². The number of anilines is 1. The van der Waals surface area contributed by atoms with Gasteiger partial charge in [-0.15, -0.1) is 0 Å². The van der Waals surface area contributed by atoms with E-state index in [-0.39, 0.29) is 17.8 Å². The van der Waals surface area contributed by atoms with E-state index in [1.807, 2.05) is 48.5 Å². The van der Waals surface area contributed by atoms with Crippen LogP contribution in [0.5, 0.6) is 17.2 Å². The zero-order valence-corrected chi connectivity index (χ0v) is 21.4. The van der Waals surface area contributed by atoms with E-state index in [9.17, 15) is 5.11 Å². The fraction of sp³-hybridized carbons (Fsp3) is 0.214. The molecule has 1 aliphatic heterocycles. The summed E-state index contributed by atoms with van der Waals surface area (Å²) in [6.07, 6.45) is 1.80. The minimum Gasteiger partial charge on any atom is -0.508 e. The molecule has 5 rings (SSSR count). The number of methoxy groups -OCH3 is 2. The van der Waals surface area contributed by atoms with Crippen molar-refractivity contribution in [2.45, 2.75) is 25.9 Å². The normalized spacial score (nSPS) is 17.2. The minimum atomic E-state index is -0.188. The quantitative estimate of drug-likeness (QED) is 0.344. The number of aromatic hydroxyl groups is 1. The van der Waals surface area contributed by atoms with Crippen LogP contribution in [0, 0.1) is 13.8 Å². The lowest BCUT2D eigenvalue weighted by Gasteiger charge is -2.29. The maximum absolute atomic E-state index is 9.79. The Balaban J connectivity index is 1.69. The van der Waals surface area contributed by atoms with Crippen LogP contribution in [-0.4, -0.2) is 34.0 Å². The Morgan fingerprint density at radius 1 is 0.972 bits per heavy atom. The standard InChI is InChI=1S/C28H28N4O3S/c1-17-15-22(18(2)31(17)19-8-10-20(33)11-9-19)27-26(23-7-5-6-14-29-23)30-28(36)32(27)24-13-12-21(34-3)16-25(24)35-4/h5-16,26-27,33H,1-4H3,(H,30,36)/t26-,27+/m1/s1. The summed E-state index contributed by atoms with van der Waals surface area (Å²) in [5.41, 5.74) is 5.98. The smallest absolute Gasteiger partial charge is 0.174 e. The van der Waals surface area contributed by atoms with E-state index in [1.54, 1.807) is 32.5 Å². The van der Waals surface area contributed by atoms with Crippen LogP contribution in [0.2, 0.25) is 0 Å². The van der Waals surface area contributed by atoms with Crippen molar-refractivity contribution in [2.24, 2.45) is 0 Å². The largest absolute Gasteiger partial charge is 0.508 e. The number of benzene rings is 2. The molecule has 1 saturated heterocycles. The number of rotatable bonds is 6. The lowest BCUT2D eigenvalue weighted by atomic mass is 9.96. The first-order chi connectivity index (χ1) is 17.4. The number of thiocarbonyl (C=S) groups is 1. The van der Waals surface area contributed by atoms with Gasteiger partial charge in [-0.3, -0.25) is 4.98 Å². The average Bonchev–Trinajstić information content (AvgIpc) is 3.39. The molecule has 36 heavy (non-hydrogen) atoms. The minimum absolute atomic E-state index is 0.181. The lowest BCUT2D eigenvalue weighted by molar-refractivity contribution is 0.394. The van der Waals surface area contributed by atoms with E-state index in [4.69, 9.17) is 21.7 Å². The molecule has 2 atom stereocenters. The molecule has 7 nitrogen and oxygen atoms in total. The van der Waals surface area contributed by atoms with E-state index in [0.29, 0.717) is 16.6 Å². The molecule has 2 aromatic carbocycles. The third-order valence-corrected chi connectivity index (χ3v) is 6.96. The highest BCUT2D eigenvalue weighted by Gasteiger charge is 2.43. The molecule has 1 aliphatic rings. The Hall–Kier alpha value is -4.04. The third-order valence-electron chi connectivity index (χ3n) is 6.64. The van der Waals surface area contributed by atoms with Crippen LogP contribution >= 0.6 is 12.2 Å². The van der Waals surface area contributed by atoms with Gasteiger partial charge < -0.3 is 29.4 Å². The summed E-state index contributed by atoms with van der Waals surface area (Å²) >= 11 is 5.90. The monoisotopic (exact) mass is 500 g/mol. The second kappa shape index (κ2) is 9.54. The molecule has 4 aromatic rings. The van der Waals surface area contributed by atoms with E-state index in [1.165, 1.54) is 0 Å². The summed E-state index contributed by atoms with van der Waals surface area (Å²) in [4.78, 5) is 6.77. The molecule has 0 bridgehead atoms. The van der Waals surface area contributed by atoms with Gasteiger partial charge in [-0.2, -0.15) is 0 Å². The maximum atomic E-state index is 9.79. The average molecular weight is 501 g/mol. The van der Waals surface area contributed by atoms with Gasteiger partial charge in [0.05, 0.1) is 37.7 Å². The van der Waals surface area contributed by atoms with Gasteiger partial charge in [0.15, 0.2) is 5.11 Å². The Kier molecular flexibility index (Phi) is 6.28. The van der Waals surface area contributed by atoms with Gasteiger partial charge in [0, 0.05) is 29.3 Å². The van der Waals surface area contributed by atoms with E-state index in [0.717, 1.165) is 34.0 Å². The van der Waals surface area contributed by atoms with Gasteiger partial charge >= 0.3 is 0 Å². The number of ether oxygens (including phenoxy) is 2. The first-order valence-electron chi connectivity index (χ1n) is 11.6. The molecule has 0 spiro atoms. The van der Waals surface area contributed by atoms with Crippen molar-refractivity contribution in [1.82, 2.24) is 14.9 Å². The molecule has 8 heteroatoms. The Labute approximate surface area is 215 Å². The van der Waals surface area contributed by atoms with Crippen LogP contribution in [0.1, 0.15) is 34.7 Å². The number of phenolic OH excluding ortho intramolecular Hbond substituents is 1. The van der Waals surface area contributed by atoms with Crippen LogP contribution in [0.3, 0.4) is 0 Å². The first-order valence-corrected chi connectivity index (χ1v) is 12.0. The molecule has 3 heterocycles.